The summed E-state index contributed by atoms with van der Waals surface area (Å²) in [5.41, 5.74) is 9.81. The van der Waals surface area contributed by atoms with Gasteiger partial charge in [-0.3, -0.25) is 62.4 Å². The van der Waals surface area contributed by atoms with Gasteiger partial charge in [0.15, 0.2) is 0 Å². The number of aliphatic imine (C=N–C) groups is 1. The largest absolute Gasteiger partial charge is 0.481 e. The standard InChI is InChI=1S/C101H147N15O23S/c1-10-13-14-20-48-115(97(129)73(23-11-2)62-105-94(127)82-29-19-21-47-114(82)49-50-117)83(67(4)5)60-84(138-12-3)96-112-80(66-140-96)93(126)109-77(61-101(8,9)98(130)131)59-69-30-36-75(37-31-69)107-87(120)63-106-100(133)139-65-70-32-38-76(39-33-70)108-91(124)78(27-22-45-104-99(102)132)111-95(128)90(68(6)7)113-92(125)79(40-43-89(122)123)110-86(119)44-51-134-53-55-136-57-58-137-56-54-135-52-46-103-85(118)41-42-88(121)116-64-74-26-16-15-24-71(74)34-35-72-25-17-18-28-81(72)116/h15-18,24-26,28,30-39,62,66-68,73,77-79,82-84,90,96,112,117H,10-14,19-23,27,29,40-61,63-65H2,1-9H3,(H,103,118)(H,106,133)(H,107,120)(H,108,124)(H,109,126)(H,110,119)(H,111,128)(H,113,125)(H,122,123)(H,130,131)(H3,102,104,132)/b35-34-,105-62+/t73?,77-,78-,79-,82?,83+,84+,90-,96?/m0/s1. The molecule has 0 radical (unpaired) electrons. The molecule has 9 atom stereocenters. The van der Waals surface area contributed by atoms with Crippen LogP contribution in [0.5, 0.6) is 0 Å². The zero-order valence-electron chi connectivity index (χ0n) is 82.3. The molecule has 0 bridgehead atoms. The number of aliphatic hydroxyl groups is 1. The number of primary amides is 1. The van der Waals surface area contributed by atoms with Crippen LogP contribution in [-0.4, -0.2) is 268 Å². The number of hydrogen-bond acceptors (Lipinski definition) is 24. The first-order valence-corrected chi connectivity index (χ1v) is 49.7. The van der Waals surface area contributed by atoms with Gasteiger partial charge in [-0.05, 0) is 162 Å². The molecule has 4 aromatic rings. The maximum absolute atomic E-state index is 15.0. The van der Waals surface area contributed by atoms with E-state index in [4.69, 9.17) is 34.2 Å². The van der Waals surface area contributed by atoms with E-state index in [1.165, 1.54) is 23.9 Å². The lowest BCUT2D eigenvalue weighted by atomic mass is 9.84. The summed E-state index contributed by atoms with van der Waals surface area (Å²) in [7, 11) is 0. The Morgan fingerprint density at radius 1 is 0.636 bits per heavy atom. The fraction of sp³-hybridized carbons (Fsp3) is 0.574. The number of carbonyl (C=O) groups is 14. The van der Waals surface area contributed by atoms with E-state index in [2.05, 4.69) is 78.9 Å². The van der Waals surface area contributed by atoms with E-state index in [1.54, 1.807) is 80.6 Å². The number of aliphatic carboxylic acids is 2. The number of nitrogens with zero attached hydrogens (tertiary/aromatic N) is 4. The third-order valence-corrected chi connectivity index (χ3v) is 25.0. The molecule has 1 fully saturated rings. The van der Waals surface area contributed by atoms with Crippen LogP contribution >= 0.6 is 11.8 Å². The first-order valence-electron chi connectivity index (χ1n) is 48.8. The monoisotopic (exact) mass is 1970 g/mol. The number of nitrogens with one attached hydrogen (secondary N) is 10. The third-order valence-electron chi connectivity index (χ3n) is 24.0. The smallest absolute Gasteiger partial charge is 0.407 e. The minimum atomic E-state index is -1.40. The first-order chi connectivity index (χ1) is 67.2. The lowest BCUT2D eigenvalue weighted by molar-refractivity contribution is -0.148. The maximum atomic E-state index is 15.0. The molecule has 770 valence electrons. The number of benzene rings is 4. The van der Waals surface area contributed by atoms with Crippen LogP contribution in [0.1, 0.15) is 206 Å². The number of likely N-dealkylation sites (tertiary alicyclic amines) is 1. The molecular formula is C101H147N15O23S. The number of urea groups is 1. The molecule has 39 heteroatoms. The molecule has 0 aromatic heterocycles. The van der Waals surface area contributed by atoms with Crippen molar-refractivity contribution in [2.24, 2.45) is 33.9 Å². The van der Waals surface area contributed by atoms with Crippen LogP contribution in [0.4, 0.5) is 26.7 Å². The van der Waals surface area contributed by atoms with Gasteiger partial charge in [-0.25, -0.2) is 14.6 Å². The number of thioether (sulfide) groups is 1. The molecule has 3 aliphatic heterocycles. The number of anilines is 3. The Morgan fingerprint density at radius 3 is 1.95 bits per heavy atom. The number of aliphatic hydroxyl groups excluding tert-OH is 1. The van der Waals surface area contributed by atoms with Gasteiger partial charge < -0.3 is 112 Å². The molecule has 0 spiro atoms. The average Bonchev–Trinajstić information content (AvgIpc) is 0.935. The number of alkyl carbamates (subject to hydrolysis) is 1. The Morgan fingerprint density at radius 2 is 1.29 bits per heavy atom. The van der Waals surface area contributed by atoms with Crippen LogP contribution in [0.15, 0.2) is 113 Å². The second kappa shape index (κ2) is 62.5. The number of hydrogen-bond donors (Lipinski definition) is 14. The van der Waals surface area contributed by atoms with Crippen LogP contribution < -0.4 is 63.8 Å². The molecule has 38 nitrogen and oxygen atoms in total. The Kier molecular flexibility index (Phi) is 51.4. The van der Waals surface area contributed by atoms with E-state index in [0.29, 0.717) is 75.3 Å². The molecule has 1 saturated heterocycles. The highest BCUT2D eigenvalue weighted by atomic mass is 32.2. The number of nitrogens with two attached hydrogens (primary N) is 1. The summed E-state index contributed by atoms with van der Waals surface area (Å²) in [6.07, 6.45) is 11.3. The lowest BCUT2D eigenvalue weighted by Crippen LogP contribution is -2.58. The molecular weight excluding hydrogens is 1820 g/mol. The van der Waals surface area contributed by atoms with Gasteiger partial charge in [0.1, 0.15) is 42.3 Å². The van der Waals surface area contributed by atoms with Gasteiger partial charge in [0, 0.05) is 93.6 Å². The van der Waals surface area contributed by atoms with Crippen molar-refractivity contribution in [3.05, 3.63) is 136 Å². The van der Waals surface area contributed by atoms with E-state index in [-0.39, 0.29) is 177 Å². The van der Waals surface area contributed by atoms with Crippen molar-refractivity contribution in [3.63, 3.8) is 0 Å². The van der Waals surface area contributed by atoms with Gasteiger partial charge in [-0.2, -0.15) is 0 Å². The van der Waals surface area contributed by atoms with Crippen molar-refractivity contribution < 1.29 is 111 Å². The minimum Gasteiger partial charge on any atom is -0.481 e. The molecule has 13 amide bonds. The fourth-order valence-corrected chi connectivity index (χ4v) is 17.3. The number of carbonyl (C=O) groups excluding carboxylic acids is 12. The summed E-state index contributed by atoms with van der Waals surface area (Å²) in [4.78, 5) is 196. The number of ether oxygens (including phenoxy) is 6. The topological polar surface area (TPSA) is 523 Å². The molecule has 15 N–H and O–H groups in total. The van der Waals surface area contributed by atoms with Crippen LogP contribution in [0, 0.1) is 23.2 Å². The Hall–Kier alpha value is -11.7. The van der Waals surface area contributed by atoms with Crippen molar-refractivity contribution in [2.45, 2.75) is 245 Å². The van der Waals surface area contributed by atoms with Gasteiger partial charge in [-0.1, -0.05) is 153 Å². The van der Waals surface area contributed by atoms with E-state index in [9.17, 15) is 82.4 Å². The van der Waals surface area contributed by atoms with Crippen molar-refractivity contribution in [1.82, 2.24) is 52.3 Å². The Bertz CT molecular complexity index is 4750. The predicted molar refractivity (Wildman–Crippen MR) is 533 cm³/mol. The van der Waals surface area contributed by atoms with Gasteiger partial charge >= 0.3 is 24.1 Å². The van der Waals surface area contributed by atoms with E-state index < -0.39 is 131 Å². The zero-order chi connectivity index (χ0) is 102. The van der Waals surface area contributed by atoms with Crippen molar-refractivity contribution >= 4 is 130 Å². The van der Waals surface area contributed by atoms with E-state index in [1.807, 2.05) is 84.3 Å². The SMILES string of the molecule is CCCCCCN(C(=O)C(/C=N/C(=O)C1CCCCN1CCO)CCC)[C@H](C[C@@H](OCC)C1NC(C(=O)N[C@@H](Cc2ccc(NC(=O)CNC(=O)OCc3ccc(NC(=O)[C@H](CCCNC(N)=O)NC(=O)[C@@H](NC(=O)[C@H](CCC(=O)O)NC(=O)CCOCCOCCOCCOCCNC(=O)CCC(=O)N4Cc5ccccc5/C=C\c5ccccc54)C(C)C)cc3)cc2)CC(C)(C)C(=O)O)=CS1)C(C)C. The van der Waals surface area contributed by atoms with Gasteiger partial charge in [-0.15, -0.1) is 11.8 Å². The number of carboxylic acid groups (broad SMARTS) is 2. The molecule has 3 heterocycles. The number of carboxylic acids is 2. The fourth-order valence-electron chi connectivity index (χ4n) is 16.3. The Balaban J connectivity index is 0.809. The lowest BCUT2D eigenvalue weighted by Gasteiger charge is -2.39. The summed E-state index contributed by atoms with van der Waals surface area (Å²) in [5, 5.41) is 58.2. The van der Waals surface area contributed by atoms with Gasteiger partial charge in [0.2, 0.25) is 47.3 Å². The first kappa shape index (κ1) is 115. The second-order valence-corrected chi connectivity index (χ2v) is 37.2. The van der Waals surface area contributed by atoms with Crippen LogP contribution in [0.2, 0.25) is 0 Å². The maximum Gasteiger partial charge on any atom is 0.407 e. The zero-order valence-corrected chi connectivity index (χ0v) is 83.2. The number of β-amino-alcohol motifs (C(OH)–C–C–N with tert-alkyl or cyclic N) is 1. The molecule has 3 aliphatic rings. The number of fused-ring (bicyclic) bond motifs is 2. The molecule has 3 unspecified atom stereocenters. The normalized spacial score (nSPS) is 15.9. The molecule has 0 aliphatic carbocycles. The third kappa shape index (κ3) is 41.2. The minimum absolute atomic E-state index is 0.0168. The molecule has 7 rings (SSSR count). The van der Waals surface area contributed by atoms with E-state index in [0.717, 1.165) is 60.9 Å². The summed E-state index contributed by atoms with van der Waals surface area (Å²) in [5.74, 6) is -8.48. The van der Waals surface area contributed by atoms with Crippen LogP contribution in [0.3, 0.4) is 0 Å². The molecule has 140 heavy (non-hydrogen) atoms. The highest BCUT2D eigenvalue weighted by Crippen LogP contribution is 2.34. The number of amides is 13. The van der Waals surface area contributed by atoms with E-state index >= 15 is 0 Å². The summed E-state index contributed by atoms with van der Waals surface area (Å²) >= 11 is 1.39. The highest BCUT2D eigenvalue weighted by Gasteiger charge is 2.40. The molecule has 4 aromatic carbocycles. The number of piperidine rings is 1. The van der Waals surface area contributed by atoms with Crippen molar-refractivity contribution in [2.75, 3.05) is 121 Å². The number of para-hydroxylation sites is 1. The van der Waals surface area contributed by atoms with Gasteiger partial charge in [0.05, 0.1) is 95.2 Å². The predicted octanol–water partition coefficient (Wildman–Crippen LogP) is 9.11. The van der Waals surface area contributed by atoms with Crippen LogP contribution in [-0.2, 0) is 106 Å². The summed E-state index contributed by atoms with van der Waals surface area (Å²) in [6, 6.07) is 22.2. The summed E-state index contributed by atoms with van der Waals surface area (Å²) < 4.78 is 34.1. The van der Waals surface area contributed by atoms with Crippen molar-refractivity contribution in [3.8, 4) is 0 Å². The van der Waals surface area contributed by atoms with Crippen molar-refractivity contribution in [1.29, 1.82) is 0 Å². The van der Waals surface area contributed by atoms with Gasteiger partial charge in [0.25, 0.3) is 11.8 Å². The second-order valence-electron chi connectivity index (χ2n) is 36.2. The highest BCUT2D eigenvalue weighted by molar-refractivity contribution is 8.03. The summed E-state index contributed by atoms with van der Waals surface area (Å²) in [6.45, 7) is 19.8. The average molecular weight is 1970 g/mol. The Labute approximate surface area is 825 Å². The number of rotatable bonds is 64. The van der Waals surface area contributed by atoms with Crippen LogP contribution in [0.25, 0.3) is 12.2 Å². The number of unbranched alkanes of at least 4 members (excludes halogenated alkanes) is 3. The quantitative estimate of drug-likeness (QED) is 0.0145. The molecule has 0 saturated carbocycles.